The van der Waals surface area contributed by atoms with Crippen LogP contribution in [-0.2, 0) is 9.47 Å². The number of fused-ring (bicyclic) bond motifs is 2. The Morgan fingerprint density at radius 3 is 2.29 bits per heavy atom. The van der Waals surface area contributed by atoms with Crippen LogP contribution in [-0.4, -0.2) is 51.5 Å². The first kappa shape index (κ1) is 22.2. The third-order valence-electron chi connectivity index (χ3n) is 6.32. The molecule has 2 bridgehead atoms. The fraction of sp³-hybridized carbons (Fsp3) is 1.00. The summed E-state index contributed by atoms with van der Waals surface area (Å²) in [5.41, 5.74) is 0.610. The van der Waals surface area contributed by atoms with Crippen LogP contribution in [0.5, 0.6) is 0 Å². The van der Waals surface area contributed by atoms with Gasteiger partial charge in [-0.15, -0.1) is 12.4 Å². The zero-order valence-electron chi connectivity index (χ0n) is 16.6. The van der Waals surface area contributed by atoms with Crippen LogP contribution >= 0.6 is 12.4 Å². The van der Waals surface area contributed by atoms with Gasteiger partial charge >= 0.3 is 0 Å². The van der Waals surface area contributed by atoms with Gasteiger partial charge in [0.15, 0.2) is 0 Å². The van der Waals surface area contributed by atoms with E-state index in [2.05, 4.69) is 39.6 Å². The highest BCUT2D eigenvalue weighted by atomic mass is 35.5. The number of halogens is 1. The zero-order chi connectivity index (χ0) is 16.9. The SMILES string of the molecule is CC(C)COCCN(C)CCOCC[C@@H]1CC[C@H]2C[C@@H]1C2(C)C.Cl. The van der Waals surface area contributed by atoms with Crippen molar-refractivity contribution in [1.82, 2.24) is 4.90 Å². The Morgan fingerprint density at radius 2 is 1.71 bits per heavy atom. The lowest BCUT2D eigenvalue weighted by Gasteiger charge is -2.60. The maximum absolute atomic E-state index is 5.90. The van der Waals surface area contributed by atoms with Gasteiger partial charge in [-0.1, -0.05) is 27.7 Å². The first-order chi connectivity index (χ1) is 10.9. The molecule has 0 aromatic rings. The van der Waals surface area contributed by atoms with Crippen molar-refractivity contribution >= 4 is 12.4 Å². The maximum atomic E-state index is 5.90. The molecule has 0 amide bonds. The number of hydrogen-bond donors (Lipinski definition) is 0. The molecule has 3 saturated carbocycles. The van der Waals surface area contributed by atoms with Gasteiger partial charge in [-0.3, -0.25) is 0 Å². The first-order valence-electron chi connectivity index (χ1n) is 9.75. The predicted octanol–water partition coefficient (Wildman–Crippen LogP) is 4.49. The van der Waals surface area contributed by atoms with E-state index in [-0.39, 0.29) is 12.4 Å². The van der Waals surface area contributed by atoms with Gasteiger partial charge in [0.05, 0.1) is 13.2 Å². The first-order valence-corrected chi connectivity index (χ1v) is 9.75. The lowest BCUT2D eigenvalue weighted by atomic mass is 9.45. The smallest absolute Gasteiger partial charge is 0.0593 e. The van der Waals surface area contributed by atoms with Crippen molar-refractivity contribution < 1.29 is 9.47 Å². The number of ether oxygens (including phenoxy) is 2. The third kappa shape index (κ3) is 6.16. The highest BCUT2D eigenvalue weighted by molar-refractivity contribution is 5.85. The molecule has 3 aliphatic carbocycles. The van der Waals surface area contributed by atoms with E-state index in [1.54, 1.807) is 0 Å². The topological polar surface area (TPSA) is 21.7 Å². The average molecular weight is 362 g/mol. The standard InChI is InChI=1S/C20H39NO2.ClH/c1-16(2)15-23-13-10-21(5)9-12-22-11-8-17-6-7-18-14-19(17)20(18,3)4;/h16-19H,6-15H2,1-5H3;1H/t17-,18-,19-;/m0./s1. The summed E-state index contributed by atoms with van der Waals surface area (Å²) in [5.74, 6) is 3.51. The second-order valence-electron chi connectivity index (χ2n) is 8.87. The van der Waals surface area contributed by atoms with Crippen LogP contribution in [0.3, 0.4) is 0 Å². The molecule has 0 aromatic carbocycles. The molecule has 0 unspecified atom stereocenters. The summed E-state index contributed by atoms with van der Waals surface area (Å²) in [6.07, 6.45) is 5.64. The van der Waals surface area contributed by atoms with Crippen LogP contribution < -0.4 is 0 Å². The van der Waals surface area contributed by atoms with Gasteiger partial charge in [-0.2, -0.15) is 0 Å². The van der Waals surface area contributed by atoms with Crippen LogP contribution in [0.25, 0.3) is 0 Å². The Kier molecular flexibility index (Phi) is 9.58. The van der Waals surface area contributed by atoms with E-state index in [1.165, 1.54) is 25.7 Å². The van der Waals surface area contributed by atoms with Gasteiger partial charge in [-0.25, -0.2) is 0 Å². The van der Waals surface area contributed by atoms with Crippen molar-refractivity contribution in [2.75, 3.05) is 46.6 Å². The van der Waals surface area contributed by atoms with Crippen LogP contribution in [0.1, 0.15) is 53.4 Å². The molecule has 0 heterocycles. The molecule has 24 heavy (non-hydrogen) atoms. The number of hydrogen-bond acceptors (Lipinski definition) is 3. The summed E-state index contributed by atoms with van der Waals surface area (Å²) in [6, 6.07) is 0. The molecule has 0 saturated heterocycles. The summed E-state index contributed by atoms with van der Waals surface area (Å²) in [5, 5.41) is 0. The van der Waals surface area contributed by atoms with E-state index in [9.17, 15) is 0 Å². The molecule has 0 radical (unpaired) electrons. The predicted molar refractivity (Wildman–Crippen MR) is 104 cm³/mol. The number of rotatable bonds is 11. The van der Waals surface area contributed by atoms with E-state index >= 15 is 0 Å². The van der Waals surface area contributed by atoms with E-state index < -0.39 is 0 Å². The maximum Gasteiger partial charge on any atom is 0.0593 e. The minimum atomic E-state index is 0. The second kappa shape index (κ2) is 10.4. The zero-order valence-corrected chi connectivity index (χ0v) is 17.4. The lowest BCUT2D eigenvalue weighted by Crippen LogP contribution is -2.52. The highest BCUT2D eigenvalue weighted by Gasteiger charge is 2.53. The van der Waals surface area contributed by atoms with Crippen LogP contribution in [0.15, 0.2) is 0 Å². The summed E-state index contributed by atoms with van der Waals surface area (Å²) in [7, 11) is 2.15. The molecular formula is C20H40ClNO2. The second-order valence-corrected chi connectivity index (χ2v) is 8.87. The Bertz CT molecular complexity index is 347. The Morgan fingerprint density at radius 1 is 1.04 bits per heavy atom. The fourth-order valence-corrected chi connectivity index (χ4v) is 4.52. The largest absolute Gasteiger partial charge is 0.380 e. The Labute approximate surface area is 156 Å². The van der Waals surface area contributed by atoms with Gasteiger partial charge in [0.25, 0.3) is 0 Å². The molecule has 3 nitrogen and oxygen atoms in total. The van der Waals surface area contributed by atoms with Crippen molar-refractivity contribution in [3.05, 3.63) is 0 Å². The summed E-state index contributed by atoms with van der Waals surface area (Å²) in [4.78, 5) is 2.31. The molecule has 0 aromatic heterocycles. The van der Waals surface area contributed by atoms with Crippen molar-refractivity contribution in [3.8, 4) is 0 Å². The molecule has 3 aliphatic rings. The molecular weight excluding hydrogens is 322 g/mol. The van der Waals surface area contributed by atoms with Gasteiger partial charge in [-0.05, 0) is 61.8 Å². The van der Waals surface area contributed by atoms with E-state index in [0.717, 1.165) is 57.3 Å². The fourth-order valence-electron chi connectivity index (χ4n) is 4.52. The van der Waals surface area contributed by atoms with E-state index in [1.807, 2.05) is 0 Å². The van der Waals surface area contributed by atoms with Crippen molar-refractivity contribution in [3.63, 3.8) is 0 Å². The highest BCUT2D eigenvalue weighted by Crippen LogP contribution is 2.61. The van der Waals surface area contributed by atoms with Gasteiger partial charge < -0.3 is 14.4 Å². The molecule has 144 valence electrons. The monoisotopic (exact) mass is 361 g/mol. The molecule has 3 atom stereocenters. The summed E-state index contributed by atoms with van der Waals surface area (Å²) >= 11 is 0. The van der Waals surface area contributed by atoms with Crippen molar-refractivity contribution in [2.45, 2.75) is 53.4 Å². The molecule has 0 N–H and O–H groups in total. The van der Waals surface area contributed by atoms with Crippen LogP contribution in [0.4, 0.5) is 0 Å². The minimum Gasteiger partial charge on any atom is -0.380 e. The molecule has 0 spiro atoms. The summed E-state index contributed by atoms with van der Waals surface area (Å²) in [6.45, 7) is 14.8. The van der Waals surface area contributed by atoms with Gasteiger partial charge in [0.1, 0.15) is 0 Å². The molecule has 3 fully saturated rings. The quantitative estimate of drug-likeness (QED) is 0.506. The molecule has 4 heteroatoms. The molecule has 0 aliphatic heterocycles. The normalized spacial score (nSPS) is 27.9. The summed E-state index contributed by atoms with van der Waals surface area (Å²) < 4.78 is 11.5. The Hall–Kier alpha value is 0.170. The third-order valence-corrected chi connectivity index (χ3v) is 6.32. The van der Waals surface area contributed by atoms with Crippen LogP contribution in [0.2, 0.25) is 0 Å². The van der Waals surface area contributed by atoms with Crippen molar-refractivity contribution in [1.29, 1.82) is 0 Å². The Balaban J connectivity index is 0.00000288. The van der Waals surface area contributed by atoms with Gasteiger partial charge in [0.2, 0.25) is 0 Å². The van der Waals surface area contributed by atoms with Crippen LogP contribution in [0, 0.1) is 29.1 Å². The minimum absolute atomic E-state index is 0. The van der Waals surface area contributed by atoms with E-state index in [0.29, 0.717) is 11.3 Å². The van der Waals surface area contributed by atoms with Gasteiger partial charge in [0, 0.05) is 26.3 Å². The van der Waals surface area contributed by atoms with E-state index in [4.69, 9.17) is 9.47 Å². The number of likely N-dealkylation sites (N-methyl/N-ethyl adjacent to an activating group) is 1. The lowest BCUT2D eigenvalue weighted by molar-refractivity contribution is -0.111. The number of nitrogens with zero attached hydrogens (tertiary/aromatic N) is 1. The molecule has 3 rings (SSSR count). The van der Waals surface area contributed by atoms with Crippen molar-refractivity contribution in [2.24, 2.45) is 29.1 Å². The average Bonchev–Trinajstić information content (AvgIpc) is 2.51.